The van der Waals surface area contributed by atoms with Crippen LogP contribution in [0.1, 0.15) is 11.4 Å². The van der Waals surface area contributed by atoms with Gasteiger partial charge in [0.05, 0.1) is 21.1 Å². The van der Waals surface area contributed by atoms with Crippen LogP contribution in [-0.2, 0) is 6.42 Å². The minimum absolute atomic E-state index is 0.514. The molecule has 19 heavy (non-hydrogen) atoms. The van der Waals surface area contributed by atoms with Crippen molar-refractivity contribution in [1.82, 2.24) is 9.97 Å². The van der Waals surface area contributed by atoms with Crippen LogP contribution in [0.15, 0.2) is 36.4 Å². The number of nitrogen functional groups attached to an aromatic ring is 1. The van der Waals surface area contributed by atoms with Gasteiger partial charge in [0.1, 0.15) is 5.82 Å². The first-order valence-electron chi connectivity index (χ1n) is 5.80. The van der Waals surface area contributed by atoms with E-state index in [-0.39, 0.29) is 0 Å². The van der Waals surface area contributed by atoms with Crippen molar-refractivity contribution in [3.05, 3.63) is 57.8 Å². The first-order valence-corrected chi connectivity index (χ1v) is 6.55. The zero-order chi connectivity index (χ0) is 13.4. The van der Waals surface area contributed by atoms with Gasteiger partial charge in [-0.2, -0.15) is 0 Å². The fourth-order valence-electron chi connectivity index (χ4n) is 1.97. The summed E-state index contributed by atoms with van der Waals surface area (Å²) >= 11 is 12.0. The van der Waals surface area contributed by atoms with Crippen LogP contribution in [0.25, 0.3) is 11.0 Å². The highest BCUT2D eigenvalue weighted by Crippen LogP contribution is 2.27. The molecule has 0 amide bonds. The normalized spacial score (nSPS) is 11.1. The lowest BCUT2D eigenvalue weighted by molar-refractivity contribution is 1.04. The summed E-state index contributed by atoms with van der Waals surface area (Å²) in [6, 6.07) is 11.3. The number of H-pyrrole nitrogens is 1. The Bertz CT molecular complexity index is 693. The molecule has 0 aliphatic rings. The Morgan fingerprint density at radius 2 is 1.74 bits per heavy atom. The zero-order valence-corrected chi connectivity index (χ0v) is 11.5. The molecular weight excluding hydrogens is 281 g/mol. The lowest BCUT2D eigenvalue weighted by atomic mass is 10.1. The number of imidazole rings is 1. The number of anilines is 1. The summed E-state index contributed by atoms with van der Waals surface area (Å²) in [5.41, 5.74) is 9.27. The molecule has 2 aromatic carbocycles. The van der Waals surface area contributed by atoms with Gasteiger partial charge < -0.3 is 10.7 Å². The molecule has 0 aliphatic heterocycles. The van der Waals surface area contributed by atoms with Crippen LogP contribution in [0.2, 0.25) is 10.0 Å². The largest absolute Gasteiger partial charge is 0.399 e. The van der Waals surface area contributed by atoms with E-state index in [1.54, 1.807) is 12.1 Å². The van der Waals surface area contributed by atoms with Crippen molar-refractivity contribution in [2.45, 2.75) is 6.42 Å². The third-order valence-electron chi connectivity index (χ3n) is 2.92. The van der Waals surface area contributed by atoms with Gasteiger partial charge in [0.2, 0.25) is 0 Å². The molecule has 0 saturated carbocycles. The zero-order valence-electron chi connectivity index (χ0n) is 9.95. The van der Waals surface area contributed by atoms with E-state index in [2.05, 4.69) is 9.97 Å². The Morgan fingerprint density at radius 3 is 2.47 bits per heavy atom. The van der Waals surface area contributed by atoms with E-state index in [9.17, 15) is 0 Å². The number of nitrogens with one attached hydrogen (secondary N) is 1. The van der Waals surface area contributed by atoms with Gasteiger partial charge in [0, 0.05) is 12.1 Å². The number of rotatable bonds is 2. The van der Waals surface area contributed by atoms with Crippen molar-refractivity contribution in [3.63, 3.8) is 0 Å². The summed E-state index contributed by atoms with van der Waals surface area (Å²) < 4.78 is 0. The molecule has 0 saturated heterocycles. The fourth-order valence-corrected chi connectivity index (χ4v) is 2.29. The summed E-state index contributed by atoms with van der Waals surface area (Å²) in [7, 11) is 0. The number of aromatic nitrogens is 2. The van der Waals surface area contributed by atoms with Gasteiger partial charge in [-0.1, -0.05) is 35.3 Å². The highest BCUT2D eigenvalue weighted by Gasteiger charge is 2.07. The average molecular weight is 292 g/mol. The van der Waals surface area contributed by atoms with Crippen LogP contribution >= 0.6 is 23.2 Å². The quantitative estimate of drug-likeness (QED) is 0.700. The number of aromatic amines is 1. The molecule has 5 heteroatoms. The second kappa shape index (κ2) is 4.76. The lowest BCUT2D eigenvalue weighted by Crippen LogP contribution is -1.91. The molecule has 0 fully saturated rings. The van der Waals surface area contributed by atoms with Gasteiger partial charge in [-0.3, -0.25) is 0 Å². The predicted molar refractivity (Wildman–Crippen MR) is 79.8 cm³/mol. The van der Waals surface area contributed by atoms with Crippen molar-refractivity contribution < 1.29 is 0 Å². The van der Waals surface area contributed by atoms with E-state index in [0.29, 0.717) is 16.5 Å². The Hall–Kier alpha value is -1.71. The summed E-state index contributed by atoms with van der Waals surface area (Å²) in [6.07, 6.45) is 0.712. The molecule has 1 heterocycles. The van der Waals surface area contributed by atoms with E-state index in [1.807, 2.05) is 24.3 Å². The number of hydrogen-bond acceptors (Lipinski definition) is 2. The topological polar surface area (TPSA) is 54.7 Å². The summed E-state index contributed by atoms with van der Waals surface area (Å²) in [6.45, 7) is 0. The second-order valence-electron chi connectivity index (χ2n) is 4.39. The van der Waals surface area contributed by atoms with Crippen molar-refractivity contribution >= 4 is 39.9 Å². The number of benzene rings is 2. The standard InChI is InChI=1S/C14H11Cl2N3/c15-10-6-12-13(7-11(10)16)19-14(18-12)5-8-1-3-9(17)4-2-8/h1-4,6-7H,5,17H2,(H,18,19). The smallest absolute Gasteiger partial charge is 0.111 e. The van der Waals surface area contributed by atoms with E-state index in [0.717, 1.165) is 28.1 Å². The van der Waals surface area contributed by atoms with E-state index < -0.39 is 0 Å². The van der Waals surface area contributed by atoms with Crippen molar-refractivity contribution in [3.8, 4) is 0 Å². The molecule has 1 aromatic heterocycles. The molecule has 0 spiro atoms. The molecule has 3 N–H and O–H groups in total. The number of halogens is 2. The average Bonchev–Trinajstić information content (AvgIpc) is 2.74. The van der Waals surface area contributed by atoms with E-state index >= 15 is 0 Å². The van der Waals surface area contributed by atoms with Crippen LogP contribution in [0, 0.1) is 0 Å². The van der Waals surface area contributed by atoms with Crippen molar-refractivity contribution in [2.75, 3.05) is 5.73 Å². The van der Waals surface area contributed by atoms with Gasteiger partial charge in [-0.15, -0.1) is 0 Å². The van der Waals surface area contributed by atoms with Gasteiger partial charge in [0.15, 0.2) is 0 Å². The first-order chi connectivity index (χ1) is 9.11. The van der Waals surface area contributed by atoms with Crippen LogP contribution < -0.4 is 5.73 Å². The number of hydrogen-bond donors (Lipinski definition) is 2. The van der Waals surface area contributed by atoms with Gasteiger partial charge >= 0.3 is 0 Å². The van der Waals surface area contributed by atoms with Crippen LogP contribution in [-0.4, -0.2) is 9.97 Å². The molecule has 0 unspecified atom stereocenters. The molecule has 0 bridgehead atoms. The van der Waals surface area contributed by atoms with E-state index in [1.165, 1.54) is 0 Å². The summed E-state index contributed by atoms with van der Waals surface area (Å²) in [5, 5.41) is 1.04. The maximum absolute atomic E-state index is 5.98. The number of nitrogens with zero attached hydrogens (tertiary/aromatic N) is 1. The minimum atomic E-state index is 0.514. The summed E-state index contributed by atoms with van der Waals surface area (Å²) in [5.74, 6) is 0.873. The number of fused-ring (bicyclic) bond motifs is 1. The predicted octanol–water partition coefficient (Wildman–Crippen LogP) is 4.04. The van der Waals surface area contributed by atoms with Crippen molar-refractivity contribution in [1.29, 1.82) is 0 Å². The molecule has 96 valence electrons. The van der Waals surface area contributed by atoms with Crippen LogP contribution in [0.5, 0.6) is 0 Å². The molecule has 3 rings (SSSR count). The van der Waals surface area contributed by atoms with Gasteiger partial charge in [0.25, 0.3) is 0 Å². The Kier molecular flexibility index (Phi) is 3.09. The van der Waals surface area contributed by atoms with Crippen molar-refractivity contribution in [2.24, 2.45) is 0 Å². The SMILES string of the molecule is Nc1ccc(Cc2nc3cc(Cl)c(Cl)cc3[nH]2)cc1. The van der Waals surface area contributed by atoms with Crippen LogP contribution in [0.4, 0.5) is 5.69 Å². The Balaban J connectivity index is 1.95. The highest BCUT2D eigenvalue weighted by atomic mass is 35.5. The maximum atomic E-state index is 5.98. The molecule has 0 aliphatic carbocycles. The third kappa shape index (κ3) is 2.53. The fraction of sp³-hybridized carbons (Fsp3) is 0.0714. The molecule has 3 aromatic rings. The number of nitrogens with two attached hydrogens (primary N) is 1. The molecule has 0 atom stereocenters. The third-order valence-corrected chi connectivity index (χ3v) is 3.65. The Morgan fingerprint density at radius 1 is 1.05 bits per heavy atom. The lowest BCUT2D eigenvalue weighted by Gasteiger charge is -1.98. The minimum Gasteiger partial charge on any atom is -0.399 e. The maximum Gasteiger partial charge on any atom is 0.111 e. The molecular formula is C14H11Cl2N3. The second-order valence-corrected chi connectivity index (χ2v) is 5.20. The van der Waals surface area contributed by atoms with E-state index in [4.69, 9.17) is 28.9 Å². The summed E-state index contributed by atoms with van der Waals surface area (Å²) in [4.78, 5) is 7.74. The van der Waals surface area contributed by atoms with Gasteiger partial charge in [-0.25, -0.2) is 4.98 Å². The molecule has 0 radical (unpaired) electrons. The highest BCUT2D eigenvalue weighted by molar-refractivity contribution is 6.42. The Labute approximate surface area is 120 Å². The van der Waals surface area contributed by atoms with Gasteiger partial charge in [-0.05, 0) is 29.8 Å². The van der Waals surface area contributed by atoms with Crippen LogP contribution in [0.3, 0.4) is 0 Å². The molecule has 3 nitrogen and oxygen atoms in total. The monoisotopic (exact) mass is 291 g/mol. The first kappa shape index (κ1) is 12.3.